The zero-order chi connectivity index (χ0) is 12.3. The number of carbonyl (C=O) groups is 1. The summed E-state index contributed by atoms with van der Waals surface area (Å²) in [5.74, 6) is -0.956. The number of hydrogen-bond donors (Lipinski definition) is 1. The summed E-state index contributed by atoms with van der Waals surface area (Å²) in [5.41, 5.74) is 2.67. The normalized spacial score (nSPS) is 10.4. The second kappa shape index (κ2) is 5.10. The number of carboxylic acid groups (broad SMARTS) is 1. The minimum Gasteiger partial charge on any atom is -0.476 e. The smallest absolute Gasteiger partial charge is 0.355 e. The number of benzene rings is 1. The molecule has 0 atom stereocenters. The van der Waals surface area contributed by atoms with E-state index in [1.807, 2.05) is 6.07 Å². The van der Waals surface area contributed by atoms with E-state index < -0.39 is 5.97 Å². The SMILES string of the molecule is Cc1cccc(CCc2cc(C(=O)O)ns2)c1. The molecule has 0 spiro atoms. The van der Waals surface area contributed by atoms with Crippen LogP contribution in [-0.4, -0.2) is 15.4 Å². The number of carboxylic acids is 1. The van der Waals surface area contributed by atoms with Gasteiger partial charge in [0.05, 0.1) is 0 Å². The van der Waals surface area contributed by atoms with Gasteiger partial charge in [-0.2, -0.15) is 4.37 Å². The van der Waals surface area contributed by atoms with Crippen molar-refractivity contribution in [3.05, 3.63) is 52.0 Å². The molecule has 4 heteroatoms. The van der Waals surface area contributed by atoms with Crippen LogP contribution in [0.5, 0.6) is 0 Å². The molecule has 0 aliphatic heterocycles. The van der Waals surface area contributed by atoms with E-state index in [1.165, 1.54) is 22.7 Å². The van der Waals surface area contributed by atoms with Crippen LogP contribution in [0.4, 0.5) is 0 Å². The Morgan fingerprint density at radius 1 is 1.35 bits per heavy atom. The number of rotatable bonds is 4. The van der Waals surface area contributed by atoms with Crippen LogP contribution < -0.4 is 0 Å². The van der Waals surface area contributed by atoms with Gasteiger partial charge in [0.25, 0.3) is 0 Å². The van der Waals surface area contributed by atoms with Crippen molar-refractivity contribution in [3.8, 4) is 0 Å². The summed E-state index contributed by atoms with van der Waals surface area (Å²) in [4.78, 5) is 11.7. The van der Waals surface area contributed by atoms with E-state index in [1.54, 1.807) is 6.07 Å². The summed E-state index contributed by atoms with van der Waals surface area (Å²) >= 11 is 1.27. The van der Waals surface area contributed by atoms with Crippen molar-refractivity contribution in [3.63, 3.8) is 0 Å². The molecule has 17 heavy (non-hydrogen) atoms. The number of aryl methyl sites for hydroxylation is 3. The van der Waals surface area contributed by atoms with E-state index in [-0.39, 0.29) is 5.69 Å². The Kier molecular flexibility index (Phi) is 3.54. The molecule has 0 unspecified atom stereocenters. The first-order valence-electron chi connectivity index (χ1n) is 5.39. The maximum Gasteiger partial charge on any atom is 0.355 e. The van der Waals surface area contributed by atoms with Crippen LogP contribution in [0, 0.1) is 6.92 Å². The summed E-state index contributed by atoms with van der Waals surface area (Å²) in [7, 11) is 0. The Morgan fingerprint density at radius 2 is 2.18 bits per heavy atom. The minimum absolute atomic E-state index is 0.147. The van der Waals surface area contributed by atoms with E-state index in [0.717, 1.165) is 17.7 Å². The number of hydrogen-bond acceptors (Lipinski definition) is 3. The quantitative estimate of drug-likeness (QED) is 0.903. The molecular weight excluding hydrogens is 234 g/mol. The van der Waals surface area contributed by atoms with Crippen molar-refractivity contribution in [1.82, 2.24) is 4.37 Å². The molecule has 0 amide bonds. The Morgan fingerprint density at radius 3 is 2.82 bits per heavy atom. The second-order valence-electron chi connectivity index (χ2n) is 3.97. The second-order valence-corrected chi connectivity index (χ2v) is 4.86. The van der Waals surface area contributed by atoms with Crippen LogP contribution in [0.2, 0.25) is 0 Å². The average molecular weight is 247 g/mol. The number of nitrogens with zero attached hydrogens (tertiary/aromatic N) is 1. The van der Waals surface area contributed by atoms with Crippen molar-refractivity contribution in [2.45, 2.75) is 19.8 Å². The molecule has 0 bridgehead atoms. The van der Waals surface area contributed by atoms with Crippen molar-refractivity contribution >= 4 is 17.5 Å². The first kappa shape index (κ1) is 11.8. The van der Waals surface area contributed by atoms with Gasteiger partial charge in [-0.25, -0.2) is 4.79 Å². The Hall–Kier alpha value is -1.68. The van der Waals surface area contributed by atoms with Crippen LogP contribution in [0.15, 0.2) is 30.3 Å². The van der Waals surface area contributed by atoms with Crippen molar-refractivity contribution < 1.29 is 9.90 Å². The Balaban J connectivity index is 2.00. The summed E-state index contributed by atoms with van der Waals surface area (Å²) in [5, 5.41) is 8.76. The highest BCUT2D eigenvalue weighted by atomic mass is 32.1. The summed E-state index contributed by atoms with van der Waals surface area (Å²) < 4.78 is 3.89. The largest absolute Gasteiger partial charge is 0.476 e. The van der Waals surface area contributed by atoms with Crippen LogP contribution in [-0.2, 0) is 12.8 Å². The monoisotopic (exact) mass is 247 g/mol. The molecule has 0 saturated heterocycles. The van der Waals surface area contributed by atoms with E-state index >= 15 is 0 Å². The number of aromatic nitrogens is 1. The van der Waals surface area contributed by atoms with Gasteiger partial charge in [-0.3, -0.25) is 0 Å². The fraction of sp³-hybridized carbons (Fsp3) is 0.231. The van der Waals surface area contributed by atoms with E-state index in [0.29, 0.717) is 0 Å². The zero-order valence-electron chi connectivity index (χ0n) is 9.51. The lowest BCUT2D eigenvalue weighted by Crippen LogP contribution is -1.95. The van der Waals surface area contributed by atoms with Gasteiger partial charge in [0.1, 0.15) is 0 Å². The summed E-state index contributed by atoms with van der Waals surface area (Å²) in [6, 6.07) is 10.0. The molecule has 0 fully saturated rings. The van der Waals surface area contributed by atoms with Crippen molar-refractivity contribution in [1.29, 1.82) is 0 Å². The summed E-state index contributed by atoms with van der Waals surface area (Å²) in [6.45, 7) is 2.07. The molecule has 1 heterocycles. The summed E-state index contributed by atoms with van der Waals surface area (Å²) in [6.07, 6.45) is 1.76. The molecule has 2 aromatic rings. The van der Waals surface area contributed by atoms with E-state index in [9.17, 15) is 4.79 Å². The molecule has 0 saturated carbocycles. The molecule has 1 aromatic heterocycles. The molecule has 88 valence electrons. The Labute approximate surface area is 104 Å². The van der Waals surface area contributed by atoms with Crippen LogP contribution in [0.25, 0.3) is 0 Å². The number of aromatic carboxylic acids is 1. The Bertz CT molecular complexity index is 534. The fourth-order valence-electron chi connectivity index (χ4n) is 1.67. The van der Waals surface area contributed by atoms with Crippen molar-refractivity contribution in [2.75, 3.05) is 0 Å². The predicted molar refractivity (Wildman–Crippen MR) is 67.7 cm³/mol. The molecule has 0 aliphatic carbocycles. The van der Waals surface area contributed by atoms with E-state index in [4.69, 9.17) is 5.11 Å². The fourth-order valence-corrected chi connectivity index (χ4v) is 2.37. The molecule has 3 nitrogen and oxygen atoms in total. The predicted octanol–water partition coefficient (Wildman–Crippen LogP) is 2.93. The van der Waals surface area contributed by atoms with Crippen molar-refractivity contribution in [2.24, 2.45) is 0 Å². The van der Waals surface area contributed by atoms with Crippen LogP contribution >= 0.6 is 11.5 Å². The molecule has 0 aliphatic rings. The van der Waals surface area contributed by atoms with Gasteiger partial charge in [-0.15, -0.1) is 0 Å². The third kappa shape index (κ3) is 3.14. The lowest BCUT2D eigenvalue weighted by molar-refractivity contribution is 0.0692. The lowest BCUT2D eigenvalue weighted by Gasteiger charge is -2.00. The van der Waals surface area contributed by atoms with Gasteiger partial charge in [-0.05, 0) is 42.9 Å². The third-order valence-corrected chi connectivity index (χ3v) is 3.37. The van der Waals surface area contributed by atoms with E-state index in [2.05, 4.69) is 29.5 Å². The van der Waals surface area contributed by atoms with Gasteiger partial charge in [0, 0.05) is 4.88 Å². The van der Waals surface area contributed by atoms with Crippen LogP contribution in [0.3, 0.4) is 0 Å². The van der Waals surface area contributed by atoms with Crippen LogP contribution in [0.1, 0.15) is 26.5 Å². The third-order valence-electron chi connectivity index (χ3n) is 2.52. The zero-order valence-corrected chi connectivity index (χ0v) is 10.3. The molecule has 2 rings (SSSR count). The molecule has 0 radical (unpaired) electrons. The topological polar surface area (TPSA) is 50.2 Å². The lowest BCUT2D eigenvalue weighted by atomic mass is 10.1. The van der Waals surface area contributed by atoms with Gasteiger partial charge >= 0.3 is 5.97 Å². The first-order chi connectivity index (χ1) is 8.15. The standard InChI is InChI=1S/C13H13NO2S/c1-9-3-2-4-10(7-9)5-6-11-8-12(13(15)16)14-17-11/h2-4,7-8H,5-6H2,1H3,(H,15,16). The maximum atomic E-state index is 10.7. The van der Waals surface area contributed by atoms with Gasteiger partial charge < -0.3 is 5.11 Å². The van der Waals surface area contributed by atoms with Gasteiger partial charge in [0.2, 0.25) is 0 Å². The molecule has 1 aromatic carbocycles. The highest BCUT2D eigenvalue weighted by molar-refractivity contribution is 7.05. The minimum atomic E-state index is -0.956. The highest BCUT2D eigenvalue weighted by Crippen LogP contribution is 2.14. The van der Waals surface area contributed by atoms with Gasteiger partial charge in [0.15, 0.2) is 5.69 Å². The molecular formula is C13H13NO2S. The highest BCUT2D eigenvalue weighted by Gasteiger charge is 2.08. The molecule has 1 N–H and O–H groups in total. The van der Waals surface area contributed by atoms with Gasteiger partial charge in [-0.1, -0.05) is 29.8 Å². The maximum absolute atomic E-state index is 10.7. The first-order valence-corrected chi connectivity index (χ1v) is 6.17. The average Bonchev–Trinajstić information content (AvgIpc) is 2.75.